The van der Waals surface area contributed by atoms with E-state index in [1.54, 1.807) is 0 Å². The Balaban J connectivity index is 1.90. The summed E-state index contributed by atoms with van der Waals surface area (Å²) in [5, 5.41) is 12.5. The third-order valence-electron chi connectivity index (χ3n) is 3.51. The SMILES string of the molecule is CC1(C)O[C@@H]2[C@@H]3C[C@@H](NC(=O)[C@H]3O)[C@@H]2O1. The van der Waals surface area contributed by atoms with Gasteiger partial charge < -0.3 is 19.9 Å². The molecule has 5 atom stereocenters. The van der Waals surface area contributed by atoms with Gasteiger partial charge in [0.15, 0.2) is 5.79 Å². The summed E-state index contributed by atoms with van der Waals surface area (Å²) in [6, 6.07) is -0.00215. The quantitative estimate of drug-likeness (QED) is 0.563. The number of carbonyl (C=O) groups is 1. The maximum Gasteiger partial charge on any atom is 0.249 e. The molecule has 0 aromatic rings. The van der Waals surface area contributed by atoms with E-state index >= 15 is 0 Å². The Kier molecular flexibility index (Phi) is 1.74. The van der Waals surface area contributed by atoms with Gasteiger partial charge in [-0.25, -0.2) is 0 Å². The van der Waals surface area contributed by atoms with Crippen LogP contribution in [0.2, 0.25) is 0 Å². The molecule has 0 spiro atoms. The van der Waals surface area contributed by atoms with Crippen LogP contribution in [-0.4, -0.2) is 41.2 Å². The number of aliphatic hydroxyl groups is 1. The van der Waals surface area contributed by atoms with Crippen molar-refractivity contribution in [3.8, 4) is 0 Å². The summed E-state index contributed by atoms with van der Waals surface area (Å²) in [5.41, 5.74) is 0. The summed E-state index contributed by atoms with van der Waals surface area (Å²) >= 11 is 0. The first-order valence-corrected chi connectivity index (χ1v) is 5.32. The molecule has 15 heavy (non-hydrogen) atoms. The lowest BCUT2D eigenvalue weighted by atomic mass is 9.95. The molecule has 2 saturated heterocycles. The molecule has 2 bridgehead atoms. The second kappa shape index (κ2) is 2.72. The van der Waals surface area contributed by atoms with Crippen molar-refractivity contribution in [1.29, 1.82) is 0 Å². The van der Waals surface area contributed by atoms with Gasteiger partial charge in [-0.2, -0.15) is 0 Å². The van der Waals surface area contributed by atoms with Crippen LogP contribution in [0.3, 0.4) is 0 Å². The first kappa shape index (κ1) is 9.57. The largest absolute Gasteiger partial charge is 0.383 e. The zero-order valence-electron chi connectivity index (χ0n) is 8.77. The molecule has 1 saturated carbocycles. The van der Waals surface area contributed by atoms with Crippen LogP contribution in [0.15, 0.2) is 0 Å². The molecule has 1 amide bonds. The minimum atomic E-state index is -0.950. The average molecular weight is 213 g/mol. The monoisotopic (exact) mass is 213 g/mol. The number of fused-ring (bicyclic) bond motifs is 5. The lowest BCUT2D eigenvalue weighted by Gasteiger charge is -2.29. The molecule has 0 aromatic heterocycles. The summed E-state index contributed by atoms with van der Waals surface area (Å²) in [6.07, 6.45) is -0.461. The number of rotatable bonds is 0. The molecule has 1 aliphatic carbocycles. The summed E-state index contributed by atoms with van der Waals surface area (Å²) in [5.74, 6) is -1.01. The lowest BCUT2D eigenvalue weighted by molar-refractivity contribution is -0.172. The van der Waals surface area contributed by atoms with E-state index in [4.69, 9.17) is 9.47 Å². The third-order valence-corrected chi connectivity index (χ3v) is 3.51. The van der Waals surface area contributed by atoms with Gasteiger partial charge in [0.1, 0.15) is 12.2 Å². The highest BCUT2D eigenvalue weighted by Crippen LogP contribution is 2.44. The molecule has 84 valence electrons. The van der Waals surface area contributed by atoms with Gasteiger partial charge in [0, 0.05) is 5.92 Å². The zero-order valence-corrected chi connectivity index (χ0v) is 8.77. The van der Waals surface area contributed by atoms with Gasteiger partial charge in [-0.05, 0) is 20.3 Å². The Hall–Kier alpha value is -0.650. The number of hydrogen-bond acceptors (Lipinski definition) is 4. The Labute approximate surface area is 87.7 Å². The lowest BCUT2D eigenvalue weighted by Crippen LogP contribution is -2.50. The molecule has 2 aliphatic heterocycles. The van der Waals surface area contributed by atoms with Gasteiger partial charge >= 0.3 is 0 Å². The maximum atomic E-state index is 11.4. The highest BCUT2D eigenvalue weighted by Gasteiger charge is 2.59. The fraction of sp³-hybridized carbons (Fsp3) is 0.900. The van der Waals surface area contributed by atoms with Gasteiger partial charge in [0.25, 0.3) is 0 Å². The van der Waals surface area contributed by atoms with Crippen molar-refractivity contribution in [2.45, 2.75) is 50.4 Å². The van der Waals surface area contributed by atoms with Gasteiger partial charge in [0.2, 0.25) is 5.91 Å². The molecule has 0 unspecified atom stereocenters. The van der Waals surface area contributed by atoms with Crippen LogP contribution in [-0.2, 0) is 14.3 Å². The van der Waals surface area contributed by atoms with Gasteiger partial charge in [0.05, 0.1) is 12.1 Å². The summed E-state index contributed by atoms with van der Waals surface area (Å²) in [7, 11) is 0. The Morgan fingerprint density at radius 3 is 2.80 bits per heavy atom. The number of nitrogens with one attached hydrogen (secondary N) is 1. The highest BCUT2D eigenvalue weighted by molar-refractivity contribution is 5.82. The van der Waals surface area contributed by atoms with Crippen molar-refractivity contribution in [3.63, 3.8) is 0 Å². The van der Waals surface area contributed by atoms with E-state index in [1.165, 1.54) is 0 Å². The van der Waals surface area contributed by atoms with E-state index in [9.17, 15) is 9.90 Å². The third kappa shape index (κ3) is 1.23. The minimum absolute atomic E-state index is 0.00215. The van der Waals surface area contributed by atoms with E-state index in [-0.39, 0.29) is 30.1 Å². The van der Waals surface area contributed by atoms with Crippen LogP contribution in [0.25, 0.3) is 0 Å². The molecular formula is C10H15NO4. The van der Waals surface area contributed by atoms with Crippen LogP contribution in [0, 0.1) is 5.92 Å². The van der Waals surface area contributed by atoms with Crippen molar-refractivity contribution in [2.24, 2.45) is 5.92 Å². The topological polar surface area (TPSA) is 67.8 Å². The second-order valence-corrected chi connectivity index (χ2v) is 5.02. The van der Waals surface area contributed by atoms with Crippen LogP contribution in [0.5, 0.6) is 0 Å². The molecule has 3 rings (SSSR count). The van der Waals surface area contributed by atoms with Gasteiger partial charge in [-0.15, -0.1) is 0 Å². The summed E-state index contributed by atoms with van der Waals surface area (Å²) in [4.78, 5) is 11.4. The Morgan fingerprint density at radius 2 is 2.07 bits per heavy atom. The van der Waals surface area contributed by atoms with Crippen LogP contribution >= 0.6 is 0 Å². The van der Waals surface area contributed by atoms with E-state index < -0.39 is 11.9 Å². The molecule has 5 heteroatoms. The van der Waals surface area contributed by atoms with E-state index in [2.05, 4.69) is 5.32 Å². The van der Waals surface area contributed by atoms with Crippen molar-refractivity contribution in [2.75, 3.05) is 0 Å². The van der Waals surface area contributed by atoms with Crippen molar-refractivity contribution < 1.29 is 19.4 Å². The number of hydrogen-bond donors (Lipinski definition) is 2. The van der Waals surface area contributed by atoms with E-state index in [0.29, 0.717) is 0 Å². The van der Waals surface area contributed by atoms with Crippen LogP contribution in [0.4, 0.5) is 0 Å². The standard InChI is InChI=1S/C10H15NO4/c1-10(2)14-7-4-3-5(8(7)15-10)11-9(13)6(4)12/h4-8,12H,3H2,1-2H3,(H,11,13)/t4-,5-,6+,7-,8+/m1/s1. The van der Waals surface area contributed by atoms with Crippen molar-refractivity contribution in [1.82, 2.24) is 5.32 Å². The average Bonchev–Trinajstić information content (AvgIpc) is 2.57. The fourth-order valence-corrected chi connectivity index (χ4v) is 2.93. The van der Waals surface area contributed by atoms with Crippen molar-refractivity contribution in [3.05, 3.63) is 0 Å². The summed E-state index contributed by atoms with van der Waals surface area (Å²) < 4.78 is 11.5. The fourth-order valence-electron chi connectivity index (χ4n) is 2.93. The van der Waals surface area contributed by atoms with Gasteiger partial charge in [-0.1, -0.05) is 0 Å². The molecule has 2 heterocycles. The smallest absolute Gasteiger partial charge is 0.249 e. The molecule has 5 nitrogen and oxygen atoms in total. The maximum absolute atomic E-state index is 11.4. The number of ether oxygens (including phenoxy) is 2. The second-order valence-electron chi connectivity index (χ2n) is 5.02. The van der Waals surface area contributed by atoms with E-state index in [0.717, 1.165) is 6.42 Å². The number of carbonyl (C=O) groups excluding carboxylic acids is 1. The van der Waals surface area contributed by atoms with Crippen LogP contribution in [0.1, 0.15) is 20.3 Å². The Bertz CT molecular complexity index is 317. The Morgan fingerprint density at radius 1 is 1.40 bits per heavy atom. The van der Waals surface area contributed by atoms with Crippen LogP contribution < -0.4 is 5.32 Å². The molecule has 3 aliphatic rings. The first-order chi connectivity index (χ1) is 6.98. The molecule has 0 radical (unpaired) electrons. The number of amides is 1. The predicted octanol–water partition coefficient (Wildman–Crippen LogP) is -0.614. The van der Waals surface area contributed by atoms with Gasteiger partial charge in [-0.3, -0.25) is 4.79 Å². The zero-order chi connectivity index (χ0) is 10.8. The first-order valence-electron chi connectivity index (χ1n) is 5.32. The normalized spacial score (nSPS) is 51.4. The minimum Gasteiger partial charge on any atom is -0.383 e. The van der Waals surface area contributed by atoms with E-state index in [1.807, 2.05) is 13.8 Å². The molecule has 0 aromatic carbocycles. The summed E-state index contributed by atoms with van der Waals surface area (Å²) in [6.45, 7) is 3.71. The highest BCUT2D eigenvalue weighted by atomic mass is 16.8. The number of piperidine rings is 1. The number of aliphatic hydroxyl groups excluding tert-OH is 1. The van der Waals surface area contributed by atoms with Crippen molar-refractivity contribution >= 4 is 5.91 Å². The predicted molar refractivity (Wildman–Crippen MR) is 49.9 cm³/mol. The molecule has 2 N–H and O–H groups in total. The molecule has 3 fully saturated rings. The molecular weight excluding hydrogens is 198 g/mol.